The molecule has 4 atom stereocenters. The van der Waals surface area contributed by atoms with Crippen molar-refractivity contribution in [1.82, 2.24) is 0 Å². The molecule has 0 aliphatic carbocycles. The molecule has 0 spiro atoms. The molecule has 2 aromatic rings. The van der Waals surface area contributed by atoms with Crippen LogP contribution in [0.5, 0.6) is 0 Å². The van der Waals surface area contributed by atoms with E-state index in [1.54, 1.807) is 0 Å². The minimum Gasteiger partial charge on any atom is -0.405 e. The third-order valence-electron chi connectivity index (χ3n) is 5.95. The maximum absolute atomic E-state index is 10.8. The van der Waals surface area contributed by atoms with Crippen molar-refractivity contribution in [2.75, 3.05) is 13.2 Å². The van der Waals surface area contributed by atoms with Crippen LogP contribution < -0.4 is 10.4 Å². The Hall–Kier alpha value is -2.15. The topological polar surface area (TPSA) is 87.5 Å². The summed E-state index contributed by atoms with van der Waals surface area (Å²) in [6, 6.07) is 20.2. The molecule has 0 bridgehead atoms. The van der Waals surface area contributed by atoms with Crippen LogP contribution >= 0.6 is 0 Å². The molecular formula is C23H31N3O3Si. The highest BCUT2D eigenvalue weighted by Crippen LogP contribution is 2.37. The minimum absolute atomic E-state index is 0.0417. The minimum atomic E-state index is -2.71. The molecule has 0 saturated carbocycles. The Balaban J connectivity index is 1.99. The van der Waals surface area contributed by atoms with Gasteiger partial charge in [-0.05, 0) is 26.9 Å². The molecule has 1 N–H and O–H groups in total. The van der Waals surface area contributed by atoms with Crippen molar-refractivity contribution in [3.05, 3.63) is 71.1 Å². The zero-order chi connectivity index (χ0) is 21.8. The van der Waals surface area contributed by atoms with E-state index in [0.717, 1.165) is 0 Å². The summed E-state index contributed by atoms with van der Waals surface area (Å²) in [7, 11) is -2.71. The number of rotatable bonds is 6. The summed E-state index contributed by atoms with van der Waals surface area (Å²) in [5.74, 6) is -0.0417. The highest BCUT2D eigenvalue weighted by atomic mass is 28.4. The lowest BCUT2D eigenvalue weighted by atomic mass is 9.92. The molecule has 1 fully saturated rings. The Bertz CT molecular complexity index is 827. The molecule has 0 aromatic heterocycles. The summed E-state index contributed by atoms with van der Waals surface area (Å²) in [4.78, 5) is 2.92. The Kier molecular flexibility index (Phi) is 7.01. The van der Waals surface area contributed by atoms with Crippen molar-refractivity contribution in [2.45, 2.75) is 51.0 Å². The lowest BCUT2D eigenvalue weighted by molar-refractivity contribution is -0.120. The fourth-order valence-corrected chi connectivity index (χ4v) is 8.96. The first kappa shape index (κ1) is 22.5. The number of azide groups is 1. The molecule has 0 radical (unpaired) electrons. The van der Waals surface area contributed by atoms with E-state index >= 15 is 0 Å². The summed E-state index contributed by atoms with van der Waals surface area (Å²) in [5, 5.41) is 16.8. The van der Waals surface area contributed by atoms with E-state index in [1.165, 1.54) is 10.4 Å². The second-order valence-electron chi connectivity index (χ2n) is 9.01. The first-order valence-electron chi connectivity index (χ1n) is 10.4. The lowest BCUT2D eigenvalue weighted by Gasteiger charge is -2.45. The Labute approximate surface area is 179 Å². The van der Waals surface area contributed by atoms with Crippen LogP contribution in [0.2, 0.25) is 5.04 Å². The molecule has 7 heteroatoms. The van der Waals surface area contributed by atoms with Crippen LogP contribution in [0.3, 0.4) is 0 Å². The molecule has 160 valence electrons. The van der Waals surface area contributed by atoms with Gasteiger partial charge in [-0.25, -0.2) is 0 Å². The van der Waals surface area contributed by atoms with Gasteiger partial charge in [0.15, 0.2) is 0 Å². The van der Waals surface area contributed by atoms with Gasteiger partial charge < -0.3 is 14.3 Å². The fourth-order valence-electron chi connectivity index (χ4n) is 4.39. The van der Waals surface area contributed by atoms with Gasteiger partial charge in [-0.3, -0.25) is 0 Å². The van der Waals surface area contributed by atoms with Gasteiger partial charge in [0.1, 0.15) is 6.10 Å². The van der Waals surface area contributed by atoms with Crippen LogP contribution in [0.1, 0.15) is 27.7 Å². The normalized spacial score (nSPS) is 24.8. The number of hydrogen-bond acceptors (Lipinski definition) is 4. The average Bonchev–Trinajstić information content (AvgIpc) is 2.73. The zero-order valence-corrected chi connectivity index (χ0v) is 19.1. The summed E-state index contributed by atoms with van der Waals surface area (Å²) in [6.45, 7) is 9.21. The monoisotopic (exact) mass is 425 g/mol. The Morgan fingerprint density at radius 3 is 2.10 bits per heavy atom. The number of hydrogen-bond donors (Lipinski definition) is 1. The molecule has 2 aromatic carbocycles. The number of ether oxygens (including phenoxy) is 1. The van der Waals surface area contributed by atoms with Crippen LogP contribution in [0.25, 0.3) is 10.4 Å². The Morgan fingerprint density at radius 1 is 1.10 bits per heavy atom. The van der Waals surface area contributed by atoms with E-state index < -0.39 is 26.6 Å². The van der Waals surface area contributed by atoms with Crippen molar-refractivity contribution in [3.8, 4) is 0 Å². The molecule has 2 unspecified atom stereocenters. The van der Waals surface area contributed by atoms with Crippen LogP contribution in [-0.4, -0.2) is 44.9 Å². The number of benzene rings is 2. The molecule has 30 heavy (non-hydrogen) atoms. The molecule has 3 rings (SSSR count). The third kappa shape index (κ3) is 4.31. The van der Waals surface area contributed by atoms with Crippen molar-refractivity contribution in [2.24, 2.45) is 11.0 Å². The van der Waals surface area contributed by atoms with Crippen molar-refractivity contribution in [1.29, 1.82) is 0 Å². The van der Waals surface area contributed by atoms with E-state index in [0.29, 0.717) is 6.61 Å². The predicted octanol–water partition coefficient (Wildman–Crippen LogP) is 3.64. The van der Waals surface area contributed by atoms with Gasteiger partial charge in [0.25, 0.3) is 8.32 Å². The molecule has 1 saturated heterocycles. The summed E-state index contributed by atoms with van der Waals surface area (Å²) >= 11 is 0. The smallest absolute Gasteiger partial charge is 0.261 e. The highest BCUT2D eigenvalue weighted by Gasteiger charge is 2.51. The van der Waals surface area contributed by atoms with E-state index in [9.17, 15) is 5.11 Å². The van der Waals surface area contributed by atoms with Gasteiger partial charge in [0.2, 0.25) is 0 Å². The second-order valence-corrected chi connectivity index (χ2v) is 13.3. The van der Waals surface area contributed by atoms with Crippen molar-refractivity contribution >= 4 is 18.7 Å². The molecular weight excluding hydrogens is 394 g/mol. The average molecular weight is 426 g/mol. The van der Waals surface area contributed by atoms with Crippen LogP contribution in [0, 0.1) is 5.92 Å². The lowest BCUT2D eigenvalue weighted by Crippen LogP contribution is -2.67. The van der Waals surface area contributed by atoms with E-state index in [1.807, 2.05) is 43.3 Å². The third-order valence-corrected chi connectivity index (χ3v) is 11.0. The first-order valence-corrected chi connectivity index (χ1v) is 12.3. The summed E-state index contributed by atoms with van der Waals surface area (Å²) < 4.78 is 12.8. The van der Waals surface area contributed by atoms with Gasteiger partial charge in [0.05, 0.1) is 25.4 Å². The van der Waals surface area contributed by atoms with Crippen LogP contribution in [0.15, 0.2) is 65.8 Å². The predicted molar refractivity (Wildman–Crippen MR) is 121 cm³/mol. The molecule has 6 nitrogen and oxygen atoms in total. The summed E-state index contributed by atoms with van der Waals surface area (Å²) in [6.07, 6.45) is -1.44. The van der Waals surface area contributed by atoms with E-state index in [4.69, 9.17) is 14.7 Å². The number of aliphatic hydroxyl groups excluding tert-OH is 1. The van der Waals surface area contributed by atoms with Crippen molar-refractivity contribution < 1.29 is 14.3 Å². The fraction of sp³-hybridized carbons (Fsp3) is 0.478. The molecule has 1 aliphatic heterocycles. The first-order chi connectivity index (χ1) is 14.3. The van der Waals surface area contributed by atoms with Gasteiger partial charge in [-0.1, -0.05) is 93.5 Å². The number of nitrogens with zero attached hydrogens (tertiary/aromatic N) is 3. The second kappa shape index (κ2) is 9.33. The maximum Gasteiger partial charge on any atom is 0.261 e. The zero-order valence-electron chi connectivity index (χ0n) is 18.1. The standard InChI is InChI=1S/C23H31N3O3Si/c1-17-15-28-20(22(27)21(17)25-26-24)16-29-30(23(2,3)4,18-11-7-5-8-12-18)19-13-9-6-10-14-19/h5-14,17,20-22,27H,15-16H2,1-4H3/t17?,20?,21-,22+/m1/s1. The molecule has 1 aliphatic rings. The van der Waals surface area contributed by atoms with Gasteiger partial charge >= 0.3 is 0 Å². The van der Waals surface area contributed by atoms with E-state index in [-0.39, 0.29) is 17.6 Å². The largest absolute Gasteiger partial charge is 0.405 e. The van der Waals surface area contributed by atoms with Crippen LogP contribution in [0.4, 0.5) is 0 Å². The van der Waals surface area contributed by atoms with Crippen LogP contribution in [-0.2, 0) is 9.16 Å². The Morgan fingerprint density at radius 2 is 1.63 bits per heavy atom. The SMILES string of the molecule is CC1COC(CO[Si](c2ccccc2)(c2ccccc2)C(C)(C)C)[C@H](O)[C@@H]1N=[N+]=[N-]. The quantitative estimate of drug-likeness (QED) is 0.332. The highest BCUT2D eigenvalue weighted by molar-refractivity contribution is 6.99. The van der Waals surface area contributed by atoms with Gasteiger partial charge in [0, 0.05) is 4.91 Å². The maximum atomic E-state index is 10.8. The van der Waals surface area contributed by atoms with Gasteiger partial charge in [-0.15, -0.1) is 0 Å². The van der Waals surface area contributed by atoms with Gasteiger partial charge in [-0.2, -0.15) is 0 Å². The number of aliphatic hydroxyl groups is 1. The molecule has 0 amide bonds. The summed E-state index contributed by atoms with van der Waals surface area (Å²) in [5.41, 5.74) is 8.89. The molecule has 1 heterocycles. The van der Waals surface area contributed by atoms with E-state index in [2.05, 4.69) is 55.1 Å². The van der Waals surface area contributed by atoms with Crippen molar-refractivity contribution in [3.63, 3.8) is 0 Å².